The van der Waals surface area contributed by atoms with E-state index in [0.29, 0.717) is 31.9 Å². The number of hydrogen-bond acceptors (Lipinski definition) is 6. The molecule has 0 aromatic heterocycles. The van der Waals surface area contributed by atoms with Crippen LogP contribution in [0, 0.1) is 10.1 Å². The highest BCUT2D eigenvalue weighted by atomic mass is 16.7. The molecule has 0 spiro atoms. The zero-order valence-corrected chi connectivity index (χ0v) is 11.6. The van der Waals surface area contributed by atoms with Crippen molar-refractivity contribution in [2.24, 2.45) is 5.73 Å². The Labute approximate surface area is 121 Å². The summed E-state index contributed by atoms with van der Waals surface area (Å²) in [5, 5.41) is 13.7. The molecule has 114 valence electrons. The average molecular weight is 295 g/mol. The number of nitrogens with one attached hydrogen (secondary N) is 1. The first-order chi connectivity index (χ1) is 9.91. The Morgan fingerprint density at radius 1 is 1.48 bits per heavy atom. The molecule has 3 N–H and O–H groups in total. The van der Waals surface area contributed by atoms with Crippen LogP contribution in [0.15, 0.2) is 18.2 Å². The molecule has 1 aliphatic rings. The van der Waals surface area contributed by atoms with E-state index in [1.807, 2.05) is 6.92 Å². The van der Waals surface area contributed by atoms with Crippen molar-refractivity contribution in [2.75, 3.05) is 25.1 Å². The Bertz CT molecular complexity index is 555. The van der Waals surface area contributed by atoms with E-state index < -0.39 is 16.6 Å². The van der Waals surface area contributed by atoms with E-state index >= 15 is 0 Å². The molecule has 0 radical (unpaired) electrons. The smallest absolute Gasteiger partial charge is 0.270 e. The number of nitro groups is 1. The molecule has 1 fully saturated rings. The van der Waals surface area contributed by atoms with Crippen molar-refractivity contribution in [2.45, 2.75) is 19.1 Å². The second kappa shape index (κ2) is 6.06. The van der Waals surface area contributed by atoms with Crippen LogP contribution in [0.1, 0.15) is 23.7 Å². The third-order valence-corrected chi connectivity index (χ3v) is 3.27. The normalized spacial score (nSPS) is 16.6. The van der Waals surface area contributed by atoms with Crippen molar-refractivity contribution in [3.05, 3.63) is 33.9 Å². The fraction of sp³-hybridized carbons (Fsp3) is 0.462. The van der Waals surface area contributed by atoms with Gasteiger partial charge in [0.05, 0.1) is 23.7 Å². The Kier molecular flexibility index (Phi) is 4.39. The van der Waals surface area contributed by atoms with Gasteiger partial charge in [-0.05, 0) is 13.0 Å². The molecule has 0 unspecified atom stereocenters. The van der Waals surface area contributed by atoms with Crippen LogP contribution in [0.2, 0.25) is 0 Å². The zero-order valence-electron chi connectivity index (χ0n) is 11.6. The second-order valence-electron chi connectivity index (χ2n) is 4.86. The van der Waals surface area contributed by atoms with Gasteiger partial charge in [-0.3, -0.25) is 14.9 Å². The Hall–Kier alpha value is -2.19. The maximum absolute atomic E-state index is 11.4. The van der Waals surface area contributed by atoms with E-state index in [1.54, 1.807) is 0 Å². The van der Waals surface area contributed by atoms with Gasteiger partial charge in [-0.1, -0.05) is 0 Å². The molecule has 8 heteroatoms. The van der Waals surface area contributed by atoms with E-state index in [-0.39, 0.29) is 11.3 Å². The number of non-ortho nitro benzene ring substituents is 1. The van der Waals surface area contributed by atoms with Gasteiger partial charge in [-0.15, -0.1) is 0 Å². The highest BCUT2D eigenvalue weighted by Gasteiger charge is 2.30. The number of nitrogens with two attached hydrogens (primary N) is 1. The minimum atomic E-state index is -0.722. The largest absolute Gasteiger partial charge is 0.384 e. The molecule has 1 aromatic rings. The molecule has 0 atom stereocenters. The van der Waals surface area contributed by atoms with Crippen LogP contribution in [0.3, 0.4) is 0 Å². The predicted molar refractivity (Wildman–Crippen MR) is 75.0 cm³/mol. The molecular formula is C13H17N3O5. The van der Waals surface area contributed by atoms with Crippen molar-refractivity contribution >= 4 is 17.3 Å². The first-order valence-corrected chi connectivity index (χ1v) is 6.51. The molecule has 0 saturated carbocycles. The van der Waals surface area contributed by atoms with Crippen LogP contribution in [0.5, 0.6) is 0 Å². The van der Waals surface area contributed by atoms with E-state index in [9.17, 15) is 14.9 Å². The Balaban J connectivity index is 2.05. The van der Waals surface area contributed by atoms with Gasteiger partial charge >= 0.3 is 0 Å². The SMILES string of the molecule is CC1(CCNc2ccc([N+](=O)[O-])cc2C(N)=O)OCCO1. The number of amides is 1. The Morgan fingerprint density at radius 2 is 2.14 bits per heavy atom. The number of ether oxygens (including phenoxy) is 2. The van der Waals surface area contributed by atoms with Gasteiger partial charge in [0.15, 0.2) is 5.79 Å². The van der Waals surface area contributed by atoms with Gasteiger partial charge in [-0.25, -0.2) is 0 Å². The molecule has 1 saturated heterocycles. The van der Waals surface area contributed by atoms with Gasteiger partial charge in [0.1, 0.15) is 0 Å². The van der Waals surface area contributed by atoms with Gasteiger partial charge in [0.25, 0.3) is 11.6 Å². The minimum Gasteiger partial charge on any atom is -0.384 e. The summed E-state index contributed by atoms with van der Waals surface area (Å²) in [5.41, 5.74) is 5.61. The van der Waals surface area contributed by atoms with Crippen LogP contribution >= 0.6 is 0 Å². The molecule has 1 heterocycles. The number of carbonyl (C=O) groups excluding carboxylic acids is 1. The molecule has 1 aromatic carbocycles. The lowest BCUT2D eigenvalue weighted by atomic mass is 10.1. The first-order valence-electron chi connectivity index (χ1n) is 6.51. The molecule has 21 heavy (non-hydrogen) atoms. The van der Waals surface area contributed by atoms with Crippen molar-refractivity contribution in [3.63, 3.8) is 0 Å². The third kappa shape index (κ3) is 3.67. The summed E-state index contributed by atoms with van der Waals surface area (Å²) in [6.45, 7) is 3.43. The van der Waals surface area contributed by atoms with Crippen molar-refractivity contribution < 1.29 is 19.2 Å². The number of hydrogen-bond donors (Lipinski definition) is 2. The minimum absolute atomic E-state index is 0.0858. The monoisotopic (exact) mass is 295 g/mol. The number of nitro benzene ring substituents is 1. The van der Waals surface area contributed by atoms with Gasteiger partial charge in [0, 0.05) is 30.8 Å². The van der Waals surface area contributed by atoms with E-state index in [4.69, 9.17) is 15.2 Å². The summed E-state index contributed by atoms with van der Waals surface area (Å²) in [6.07, 6.45) is 0.572. The third-order valence-electron chi connectivity index (χ3n) is 3.27. The second-order valence-corrected chi connectivity index (χ2v) is 4.86. The molecule has 0 aliphatic carbocycles. The number of benzene rings is 1. The number of nitrogens with zero attached hydrogens (tertiary/aromatic N) is 1. The lowest BCUT2D eigenvalue weighted by Crippen LogP contribution is -2.28. The quantitative estimate of drug-likeness (QED) is 0.602. The zero-order chi connectivity index (χ0) is 15.5. The van der Waals surface area contributed by atoms with E-state index in [0.717, 1.165) is 6.07 Å². The van der Waals surface area contributed by atoms with Crippen LogP contribution < -0.4 is 11.1 Å². The van der Waals surface area contributed by atoms with Crippen molar-refractivity contribution in [1.82, 2.24) is 0 Å². The van der Waals surface area contributed by atoms with Gasteiger partial charge < -0.3 is 20.5 Å². The van der Waals surface area contributed by atoms with Gasteiger partial charge in [0.2, 0.25) is 0 Å². The highest BCUT2D eigenvalue weighted by Crippen LogP contribution is 2.25. The van der Waals surface area contributed by atoms with E-state index in [2.05, 4.69) is 5.32 Å². The number of carbonyl (C=O) groups is 1. The average Bonchev–Trinajstić information content (AvgIpc) is 2.85. The van der Waals surface area contributed by atoms with Crippen molar-refractivity contribution in [3.8, 4) is 0 Å². The lowest BCUT2D eigenvalue weighted by Gasteiger charge is -2.22. The lowest BCUT2D eigenvalue weighted by molar-refractivity contribution is -0.384. The summed E-state index contributed by atoms with van der Waals surface area (Å²) in [6, 6.07) is 3.95. The number of primary amides is 1. The number of rotatable bonds is 6. The topological polar surface area (TPSA) is 117 Å². The van der Waals surface area contributed by atoms with E-state index in [1.165, 1.54) is 12.1 Å². The van der Waals surface area contributed by atoms with Crippen LogP contribution in [0.25, 0.3) is 0 Å². The highest BCUT2D eigenvalue weighted by molar-refractivity contribution is 5.99. The molecule has 2 rings (SSSR count). The van der Waals surface area contributed by atoms with Crippen LogP contribution in [-0.4, -0.2) is 36.4 Å². The summed E-state index contributed by atoms with van der Waals surface area (Å²) < 4.78 is 10.9. The standard InChI is InChI=1S/C13H17N3O5/c1-13(20-6-7-21-13)4-5-15-11-3-2-9(16(18)19)8-10(11)12(14)17/h2-3,8,15H,4-7H2,1H3,(H2,14,17). The summed E-state index contributed by atoms with van der Waals surface area (Å²) in [5.74, 6) is -1.36. The van der Waals surface area contributed by atoms with Gasteiger partial charge in [-0.2, -0.15) is 0 Å². The summed E-state index contributed by atoms with van der Waals surface area (Å²) >= 11 is 0. The summed E-state index contributed by atoms with van der Waals surface area (Å²) in [4.78, 5) is 21.5. The molecule has 0 bridgehead atoms. The molecule has 1 aliphatic heterocycles. The maximum Gasteiger partial charge on any atom is 0.270 e. The Morgan fingerprint density at radius 3 is 2.71 bits per heavy atom. The number of anilines is 1. The fourth-order valence-corrected chi connectivity index (χ4v) is 2.13. The van der Waals surface area contributed by atoms with Crippen LogP contribution in [-0.2, 0) is 9.47 Å². The molecule has 8 nitrogen and oxygen atoms in total. The fourth-order valence-electron chi connectivity index (χ4n) is 2.13. The molecular weight excluding hydrogens is 278 g/mol. The maximum atomic E-state index is 11.4. The van der Waals surface area contributed by atoms with Crippen molar-refractivity contribution in [1.29, 1.82) is 0 Å². The molecule has 1 amide bonds. The predicted octanol–water partition coefficient (Wildman–Crippen LogP) is 1.26. The van der Waals surface area contributed by atoms with Crippen LogP contribution in [0.4, 0.5) is 11.4 Å². The summed E-state index contributed by atoms with van der Waals surface area (Å²) in [7, 11) is 0. The first kappa shape index (κ1) is 15.2.